The number of hydrogen-bond donors (Lipinski definition) is 3. The van der Waals surface area contributed by atoms with Gasteiger partial charge in [0.1, 0.15) is 0 Å². The Bertz CT molecular complexity index is 519. The van der Waals surface area contributed by atoms with Gasteiger partial charge in [-0.25, -0.2) is 0 Å². The van der Waals surface area contributed by atoms with E-state index in [0.717, 1.165) is 44.3 Å². The topological polar surface area (TPSA) is 87.7 Å². The minimum Gasteiger partial charge on any atom is -0.391 e. The lowest BCUT2D eigenvalue weighted by molar-refractivity contribution is -0.122. The van der Waals surface area contributed by atoms with Gasteiger partial charge in [-0.15, -0.1) is 0 Å². The fraction of sp³-hybridized carbons (Fsp3) is 0.778. The van der Waals surface area contributed by atoms with E-state index >= 15 is 0 Å². The molecule has 3 fully saturated rings. The first-order chi connectivity index (χ1) is 11.5. The number of amides is 2. The molecule has 0 bridgehead atoms. The highest BCUT2D eigenvalue weighted by Crippen LogP contribution is 2.31. The summed E-state index contributed by atoms with van der Waals surface area (Å²) in [6, 6.07) is -0.355. The van der Waals surface area contributed by atoms with E-state index in [1.165, 1.54) is 5.57 Å². The standard InChI is InChI=1S/C18H28N2O4/c1-11(12-4-5-12)18(23)20-15-9-13(10-16(15)21)19-17(22)7-6-14-3-2-8-24-14/h13-16,21H,2-10H2,1H3,(H,19,22)(H,20,23)/t13-,14?,15-,16-/m1/s1. The lowest BCUT2D eigenvalue weighted by Gasteiger charge is -2.17. The van der Waals surface area contributed by atoms with Crippen LogP contribution in [0.25, 0.3) is 0 Å². The third-order valence-electron chi connectivity index (χ3n) is 5.30. The number of allylic oxidation sites excluding steroid dienone is 1. The molecule has 1 saturated heterocycles. The second-order valence-electron chi connectivity index (χ2n) is 7.29. The smallest absolute Gasteiger partial charge is 0.247 e. The molecule has 2 amide bonds. The normalized spacial score (nSPS) is 31.8. The molecule has 0 aromatic carbocycles. The second kappa shape index (κ2) is 7.66. The summed E-state index contributed by atoms with van der Waals surface area (Å²) in [5.74, 6) is -0.0807. The molecular weight excluding hydrogens is 308 g/mol. The molecule has 0 spiro atoms. The molecule has 0 aromatic heterocycles. The number of rotatable bonds is 6. The van der Waals surface area contributed by atoms with Gasteiger partial charge in [0, 0.05) is 24.6 Å². The van der Waals surface area contributed by atoms with Crippen LogP contribution in [0, 0.1) is 0 Å². The van der Waals surface area contributed by atoms with E-state index in [1.807, 2.05) is 6.92 Å². The number of ether oxygens (including phenoxy) is 1. The van der Waals surface area contributed by atoms with Gasteiger partial charge in [-0.2, -0.15) is 0 Å². The van der Waals surface area contributed by atoms with E-state index in [0.29, 0.717) is 19.3 Å². The summed E-state index contributed by atoms with van der Waals surface area (Å²) in [4.78, 5) is 24.2. The highest BCUT2D eigenvalue weighted by Gasteiger charge is 2.35. The van der Waals surface area contributed by atoms with Gasteiger partial charge < -0.3 is 20.5 Å². The maximum absolute atomic E-state index is 12.1. The van der Waals surface area contributed by atoms with Crippen LogP contribution in [-0.2, 0) is 14.3 Å². The molecule has 2 aliphatic carbocycles. The molecule has 0 radical (unpaired) electrons. The molecule has 24 heavy (non-hydrogen) atoms. The van der Waals surface area contributed by atoms with Crippen molar-refractivity contribution in [2.75, 3.05) is 6.61 Å². The monoisotopic (exact) mass is 336 g/mol. The second-order valence-corrected chi connectivity index (χ2v) is 7.29. The van der Waals surface area contributed by atoms with Crippen molar-refractivity contribution in [3.05, 3.63) is 11.1 Å². The summed E-state index contributed by atoms with van der Waals surface area (Å²) in [6.45, 7) is 2.64. The van der Waals surface area contributed by atoms with E-state index in [9.17, 15) is 14.7 Å². The van der Waals surface area contributed by atoms with Gasteiger partial charge in [-0.3, -0.25) is 9.59 Å². The summed E-state index contributed by atoms with van der Waals surface area (Å²) in [6.07, 6.45) is 6.05. The first kappa shape index (κ1) is 17.4. The molecule has 3 aliphatic rings. The van der Waals surface area contributed by atoms with Crippen LogP contribution >= 0.6 is 0 Å². The van der Waals surface area contributed by atoms with Gasteiger partial charge in [-0.05, 0) is 51.9 Å². The lowest BCUT2D eigenvalue weighted by atomic mass is 10.1. The van der Waals surface area contributed by atoms with Crippen LogP contribution in [-0.4, -0.2) is 47.8 Å². The van der Waals surface area contributed by atoms with Gasteiger partial charge in [0.05, 0.1) is 18.2 Å². The molecule has 1 unspecified atom stereocenters. The van der Waals surface area contributed by atoms with E-state index in [-0.39, 0.29) is 30.0 Å². The molecule has 3 rings (SSSR count). The zero-order chi connectivity index (χ0) is 17.1. The van der Waals surface area contributed by atoms with E-state index in [4.69, 9.17) is 4.74 Å². The number of hydrogen-bond acceptors (Lipinski definition) is 4. The van der Waals surface area contributed by atoms with Crippen molar-refractivity contribution in [3.8, 4) is 0 Å². The fourth-order valence-corrected chi connectivity index (χ4v) is 3.63. The van der Waals surface area contributed by atoms with Crippen molar-refractivity contribution in [1.82, 2.24) is 10.6 Å². The Morgan fingerprint density at radius 3 is 2.71 bits per heavy atom. The average molecular weight is 336 g/mol. The van der Waals surface area contributed by atoms with Crippen molar-refractivity contribution in [1.29, 1.82) is 0 Å². The number of carbonyl (C=O) groups is 2. The summed E-state index contributed by atoms with van der Waals surface area (Å²) < 4.78 is 5.53. The van der Waals surface area contributed by atoms with Gasteiger partial charge >= 0.3 is 0 Å². The Labute approximate surface area is 143 Å². The molecule has 0 aromatic rings. The third kappa shape index (κ3) is 4.57. The van der Waals surface area contributed by atoms with Crippen molar-refractivity contribution in [2.24, 2.45) is 0 Å². The maximum Gasteiger partial charge on any atom is 0.247 e. The molecule has 1 heterocycles. The Morgan fingerprint density at radius 2 is 2.04 bits per heavy atom. The van der Waals surface area contributed by atoms with Gasteiger partial charge in [-0.1, -0.05) is 5.57 Å². The quantitative estimate of drug-likeness (QED) is 0.636. The lowest BCUT2D eigenvalue weighted by Crippen LogP contribution is -2.40. The van der Waals surface area contributed by atoms with Crippen molar-refractivity contribution >= 4 is 11.8 Å². The van der Waals surface area contributed by atoms with E-state index in [1.54, 1.807) is 0 Å². The summed E-state index contributed by atoms with van der Waals surface area (Å²) in [5.41, 5.74) is 1.99. The van der Waals surface area contributed by atoms with Crippen LogP contribution in [0.2, 0.25) is 0 Å². The van der Waals surface area contributed by atoms with Gasteiger partial charge in [0.25, 0.3) is 0 Å². The molecule has 4 atom stereocenters. The van der Waals surface area contributed by atoms with Crippen molar-refractivity contribution in [3.63, 3.8) is 0 Å². The van der Waals surface area contributed by atoms with Gasteiger partial charge in [0.15, 0.2) is 0 Å². The maximum atomic E-state index is 12.1. The minimum absolute atomic E-state index is 0.00551. The summed E-state index contributed by atoms with van der Waals surface area (Å²) in [5, 5.41) is 16.1. The fourth-order valence-electron chi connectivity index (χ4n) is 3.63. The molecule has 134 valence electrons. The molecule has 3 N–H and O–H groups in total. The zero-order valence-electron chi connectivity index (χ0n) is 14.3. The van der Waals surface area contributed by atoms with Crippen molar-refractivity contribution in [2.45, 2.75) is 82.6 Å². The van der Waals surface area contributed by atoms with E-state index < -0.39 is 6.10 Å². The van der Waals surface area contributed by atoms with Crippen molar-refractivity contribution < 1.29 is 19.4 Å². The Morgan fingerprint density at radius 1 is 1.25 bits per heavy atom. The van der Waals surface area contributed by atoms with E-state index in [2.05, 4.69) is 10.6 Å². The summed E-state index contributed by atoms with van der Waals surface area (Å²) >= 11 is 0. The molecular formula is C18H28N2O4. The largest absolute Gasteiger partial charge is 0.391 e. The predicted octanol–water partition coefficient (Wildman–Crippen LogP) is 1.18. The minimum atomic E-state index is -0.602. The molecule has 2 saturated carbocycles. The Kier molecular flexibility index (Phi) is 5.56. The Hall–Kier alpha value is -1.40. The van der Waals surface area contributed by atoms with Crippen LogP contribution in [0.3, 0.4) is 0 Å². The zero-order valence-corrected chi connectivity index (χ0v) is 14.3. The third-order valence-corrected chi connectivity index (χ3v) is 5.30. The molecule has 1 aliphatic heterocycles. The highest BCUT2D eigenvalue weighted by molar-refractivity contribution is 5.94. The molecule has 6 heteroatoms. The average Bonchev–Trinajstić information content (AvgIpc) is 3.16. The van der Waals surface area contributed by atoms with Gasteiger partial charge in [0.2, 0.25) is 11.8 Å². The van der Waals surface area contributed by atoms with Crippen LogP contribution in [0.4, 0.5) is 0 Å². The number of nitrogens with one attached hydrogen (secondary N) is 2. The predicted molar refractivity (Wildman–Crippen MR) is 89.2 cm³/mol. The van der Waals surface area contributed by atoms with Crippen LogP contribution in [0.1, 0.15) is 58.3 Å². The first-order valence-electron chi connectivity index (χ1n) is 9.11. The first-order valence-corrected chi connectivity index (χ1v) is 9.11. The number of aliphatic hydroxyl groups is 1. The molecule has 6 nitrogen and oxygen atoms in total. The Balaban J connectivity index is 1.40. The number of carbonyl (C=O) groups excluding carboxylic acids is 2. The number of aliphatic hydroxyl groups excluding tert-OH is 1. The van der Waals surface area contributed by atoms with Crippen LogP contribution < -0.4 is 10.6 Å². The van der Waals surface area contributed by atoms with Crippen LogP contribution in [0.5, 0.6) is 0 Å². The SMILES string of the molecule is CC(C(=O)N[C@@H]1C[C@@H](NC(=O)CCC2CCCO2)C[C@H]1O)=C1CC1. The summed E-state index contributed by atoms with van der Waals surface area (Å²) in [7, 11) is 0. The highest BCUT2D eigenvalue weighted by atomic mass is 16.5. The van der Waals surface area contributed by atoms with Crippen LogP contribution in [0.15, 0.2) is 11.1 Å².